The Kier molecular flexibility index (Phi) is 7.94. The second kappa shape index (κ2) is 11.1. The van der Waals surface area contributed by atoms with Gasteiger partial charge in [0.05, 0.1) is 11.9 Å². The molecular formula is C24H28N6O4S2. The van der Waals surface area contributed by atoms with Crippen LogP contribution in [0, 0.1) is 0 Å². The summed E-state index contributed by atoms with van der Waals surface area (Å²) in [6.07, 6.45) is 4.67. The number of likely N-dealkylation sites (tertiary alicyclic amines) is 1. The molecule has 1 amide bonds. The summed E-state index contributed by atoms with van der Waals surface area (Å²) >= 11 is 2.81. The number of aromatic nitrogens is 3. The van der Waals surface area contributed by atoms with Crippen LogP contribution in [0.3, 0.4) is 0 Å². The molecule has 0 bridgehead atoms. The Labute approximate surface area is 217 Å². The monoisotopic (exact) mass is 528 g/mol. The van der Waals surface area contributed by atoms with Crippen LogP contribution in [0.5, 0.6) is 0 Å². The highest BCUT2D eigenvalue weighted by atomic mass is 32.2. The van der Waals surface area contributed by atoms with Crippen LogP contribution >= 0.6 is 23.1 Å². The maximum Gasteiger partial charge on any atom is 0.410 e. The van der Waals surface area contributed by atoms with Crippen molar-refractivity contribution in [3.63, 3.8) is 0 Å². The van der Waals surface area contributed by atoms with E-state index in [1.807, 2.05) is 38.3 Å². The molecule has 3 N–H and O–H groups in total. The smallest absolute Gasteiger partial charge is 0.410 e. The number of hydrogen-bond acceptors (Lipinski definition) is 10. The highest BCUT2D eigenvalue weighted by Gasteiger charge is 2.26. The third-order valence-electron chi connectivity index (χ3n) is 5.17. The Morgan fingerprint density at radius 2 is 1.97 bits per heavy atom. The second-order valence-electron chi connectivity index (χ2n) is 9.22. The van der Waals surface area contributed by atoms with Gasteiger partial charge in [0.1, 0.15) is 22.1 Å². The molecule has 1 fully saturated rings. The van der Waals surface area contributed by atoms with Gasteiger partial charge in [0.2, 0.25) is 0 Å². The number of carboxylic acid groups (broad SMARTS) is 1. The van der Waals surface area contributed by atoms with E-state index in [9.17, 15) is 9.59 Å². The third-order valence-corrected chi connectivity index (χ3v) is 6.99. The van der Waals surface area contributed by atoms with Crippen molar-refractivity contribution in [2.75, 3.05) is 23.7 Å². The maximum atomic E-state index is 12.2. The van der Waals surface area contributed by atoms with Crippen LogP contribution in [0.2, 0.25) is 0 Å². The number of nitrogens with zero attached hydrogens (tertiary/aromatic N) is 4. The van der Waals surface area contributed by atoms with Gasteiger partial charge < -0.3 is 25.4 Å². The van der Waals surface area contributed by atoms with Gasteiger partial charge in [-0.3, -0.25) is 0 Å². The van der Waals surface area contributed by atoms with Gasteiger partial charge in [0.15, 0.2) is 5.13 Å². The number of aromatic carboxylic acids is 1. The molecule has 3 aromatic rings. The molecule has 0 aromatic carbocycles. The maximum absolute atomic E-state index is 12.2. The van der Waals surface area contributed by atoms with Gasteiger partial charge in [-0.25, -0.2) is 24.5 Å². The van der Waals surface area contributed by atoms with Crippen LogP contribution in [0.4, 0.5) is 21.4 Å². The van der Waals surface area contributed by atoms with E-state index < -0.39 is 11.6 Å². The van der Waals surface area contributed by atoms with Gasteiger partial charge in [-0.2, -0.15) is 0 Å². The number of rotatable bonds is 7. The fourth-order valence-corrected chi connectivity index (χ4v) is 5.16. The Hall–Kier alpha value is -3.38. The number of anilines is 3. The number of thiazole rings is 1. The number of amides is 1. The summed E-state index contributed by atoms with van der Waals surface area (Å²) in [5.41, 5.74) is 0.428. The molecule has 4 rings (SSSR count). The molecule has 4 heterocycles. The number of piperidine rings is 1. The number of ether oxygens (including phenoxy) is 1. The second-order valence-corrected chi connectivity index (χ2v) is 11.2. The van der Waals surface area contributed by atoms with Crippen molar-refractivity contribution >= 4 is 51.8 Å². The number of nitrogens with one attached hydrogen (secondary N) is 2. The highest BCUT2D eigenvalue weighted by molar-refractivity contribution is 7.99. The minimum absolute atomic E-state index is 0.0000658. The van der Waals surface area contributed by atoms with E-state index >= 15 is 0 Å². The van der Waals surface area contributed by atoms with Crippen LogP contribution in [-0.2, 0) is 4.74 Å². The fourth-order valence-electron chi connectivity index (χ4n) is 3.51. The fraction of sp³-hybridized carbons (Fsp3) is 0.375. The molecule has 1 aliphatic rings. The summed E-state index contributed by atoms with van der Waals surface area (Å²) in [4.78, 5) is 38.7. The number of carbonyl (C=O) groups is 2. The van der Waals surface area contributed by atoms with Crippen LogP contribution < -0.4 is 10.6 Å². The molecule has 0 saturated carbocycles. The summed E-state index contributed by atoms with van der Waals surface area (Å²) in [7, 11) is 0. The van der Waals surface area contributed by atoms with Crippen LogP contribution in [-0.4, -0.2) is 61.8 Å². The average Bonchev–Trinajstić information content (AvgIpc) is 3.26. The van der Waals surface area contributed by atoms with Crippen molar-refractivity contribution in [1.29, 1.82) is 0 Å². The van der Waals surface area contributed by atoms with Gasteiger partial charge >= 0.3 is 12.1 Å². The lowest BCUT2D eigenvalue weighted by molar-refractivity contribution is 0.0210. The van der Waals surface area contributed by atoms with Crippen molar-refractivity contribution in [3.8, 4) is 0 Å². The zero-order valence-corrected chi connectivity index (χ0v) is 21.9. The largest absolute Gasteiger partial charge is 0.477 e. The van der Waals surface area contributed by atoms with Crippen molar-refractivity contribution in [3.05, 3.63) is 47.7 Å². The molecule has 0 radical (unpaired) electrons. The van der Waals surface area contributed by atoms with Gasteiger partial charge in [0, 0.05) is 35.6 Å². The zero-order valence-electron chi connectivity index (χ0n) is 20.2. The van der Waals surface area contributed by atoms with E-state index in [1.165, 1.54) is 35.4 Å². The lowest BCUT2D eigenvalue weighted by atomic mass is 10.1. The van der Waals surface area contributed by atoms with Gasteiger partial charge in [-0.1, -0.05) is 11.8 Å². The normalized spacial score (nSPS) is 14.4. The van der Waals surface area contributed by atoms with E-state index in [4.69, 9.17) is 9.84 Å². The summed E-state index contributed by atoms with van der Waals surface area (Å²) in [5.74, 6) is -0.392. The van der Waals surface area contributed by atoms with Crippen molar-refractivity contribution < 1.29 is 19.4 Å². The number of hydrogen-bond donors (Lipinski definition) is 3. The SMILES string of the molecule is CC(C)(C)OC(=O)N1CCC(Nc2ccc(Nc3nc(Sc4ccnc(C(=O)O)c4)cs3)nc2)CC1. The minimum Gasteiger partial charge on any atom is -0.477 e. The predicted octanol–water partition coefficient (Wildman–Crippen LogP) is 5.34. The predicted molar refractivity (Wildman–Crippen MR) is 139 cm³/mol. The average molecular weight is 529 g/mol. The topological polar surface area (TPSA) is 130 Å². The van der Waals surface area contributed by atoms with Crippen molar-refractivity contribution in [2.24, 2.45) is 0 Å². The summed E-state index contributed by atoms with van der Waals surface area (Å²) in [6, 6.07) is 7.38. The minimum atomic E-state index is -1.06. The highest BCUT2D eigenvalue weighted by Crippen LogP contribution is 2.31. The van der Waals surface area contributed by atoms with E-state index in [1.54, 1.807) is 17.2 Å². The standard InChI is InChI=1S/C24H28N6O4S2/c1-24(2,3)34-23(33)30-10-7-15(8-11-30)27-16-4-5-19(26-13-16)28-22-29-20(14-35-22)36-17-6-9-25-18(12-17)21(31)32/h4-6,9,12-15,27H,7-8,10-11H2,1-3H3,(H,31,32)(H,26,28,29). The quantitative estimate of drug-likeness (QED) is 0.369. The molecule has 190 valence electrons. The van der Waals surface area contributed by atoms with Crippen LogP contribution in [0.15, 0.2) is 52.0 Å². The first kappa shape index (κ1) is 25.7. The van der Waals surface area contributed by atoms with E-state index in [0.29, 0.717) is 24.0 Å². The first-order chi connectivity index (χ1) is 17.1. The molecule has 0 unspecified atom stereocenters. The molecule has 0 spiro atoms. The number of carbonyl (C=O) groups excluding carboxylic acids is 1. The Morgan fingerprint density at radius 1 is 1.19 bits per heavy atom. The lowest BCUT2D eigenvalue weighted by Gasteiger charge is -2.34. The third kappa shape index (κ3) is 7.31. The molecule has 3 aromatic heterocycles. The molecule has 36 heavy (non-hydrogen) atoms. The molecular weight excluding hydrogens is 500 g/mol. The van der Waals surface area contributed by atoms with E-state index in [0.717, 1.165) is 28.5 Å². The molecule has 0 aliphatic carbocycles. The molecule has 1 aliphatic heterocycles. The van der Waals surface area contributed by atoms with E-state index in [2.05, 4.69) is 25.6 Å². The van der Waals surface area contributed by atoms with Gasteiger partial charge in [0.25, 0.3) is 0 Å². The van der Waals surface area contributed by atoms with E-state index in [-0.39, 0.29) is 17.8 Å². The lowest BCUT2D eigenvalue weighted by Crippen LogP contribution is -2.44. The molecule has 10 nitrogen and oxygen atoms in total. The van der Waals surface area contributed by atoms with Gasteiger partial charge in [-0.05, 0) is 57.9 Å². The first-order valence-electron chi connectivity index (χ1n) is 11.4. The van der Waals surface area contributed by atoms with Crippen LogP contribution in [0.1, 0.15) is 44.1 Å². The molecule has 1 saturated heterocycles. The molecule has 0 atom stereocenters. The van der Waals surface area contributed by atoms with Crippen LogP contribution in [0.25, 0.3) is 0 Å². The Morgan fingerprint density at radius 3 is 2.64 bits per heavy atom. The van der Waals surface area contributed by atoms with Gasteiger partial charge in [-0.15, -0.1) is 11.3 Å². The number of pyridine rings is 2. The van der Waals surface area contributed by atoms with Crippen molar-refractivity contribution in [1.82, 2.24) is 19.9 Å². The van der Waals surface area contributed by atoms with Crippen molar-refractivity contribution in [2.45, 2.75) is 55.2 Å². The Balaban J connectivity index is 1.26. The Bertz CT molecular complexity index is 1200. The molecule has 12 heteroatoms. The number of carboxylic acids is 1. The summed E-state index contributed by atoms with van der Waals surface area (Å²) in [5, 5.41) is 19.1. The summed E-state index contributed by atoms with van der Waals surface area (Å²) in [6.45, 7) is 6.93. The first-order valence-corrected chi connectivity index (χ1v) is 13.1. The zero-order chi connectivity index (χ0) is 25.7. The summed E-state index contributed by atoms with van der Waals surface area (Å²) < 4.78 is 5.46.